The Balaban J connectivity index is 1.94. The van der Waals surface area contributed by atoms with Crippen molar-refractivity contribution in [1.29, 1.82) is 0 Å². The van der Waals surface area contributed by atoms with Crippen LogP contribution in [0.2, 0.25) is 0 Å². The van der Waals surface area contributed by atoms with E-state index in [0.29, 0.717) is 6.04 Å². The summed E-state index contributed by atoms with van der Waals surface area (Å²) < 4.78 is 6.90. The molecule has 0 aliphatic rings. The summed E-state index contributed by atoms with van der Waals surface area (Å²) in [6, 6.07) is 8.67. The van der Waals surface area contributed by atoms with E-state index in [1.54, 1.807) is 0 Å². The standard InChI is InChI=1S/C16H23BrN2O/c1-4-19(5-2)11-12(3)18-10-14-9-13-7-6-8-15(17)16(13)20-14/h6-9,12,18H,4-5,10-11H2,1-3H3. The number of nitrogens with zero attached hydrogens (tertiary/aromatic N) is 1. The van der Waals surface area contributed by atoms with Crippen LogP contribution in [0.15, 0.2) is 33.2 Å². The molecule has 2 aromatic rings. The van der Waals surface area contributed by atoms with Gasteiger partial charge in [0.2, 0.25) is 0 Å². The van der Waals surface area contributed by atoms with Crippen LogP contribution < -0.4 is 5.32 Å². The highest BCUT2D eigenvalue weighted by Gasteiger charge is 2.09. The molecule has 0 radical (unpaired) electrons. The normalized spacial score (nSPS) is 13.2. The minimum atomic E-state index is 0.451. The van der Waals surface area contributed by atoms with Crippen molar-refractivity contribution in [1.82, 2.24) is 10.2 Å². The Bertz CT molecular complexity index is 548. The molecule has 1 atom stereocenters. The highest BCUT2D eigenvalue weighted by molar-refractivity contribution is 9.10. The van der Waals surface area contributed by atoms with Crippen molar-refractivity contribution in [2.24, 2.45) is 0 Å². The van der Waals surface area contributed by atoms with E-state index in [0.717, 1.165) is 47.4 Å². The number of hydrogen-bond donors (Lipinski definition) is 1. The first-order valence-electron chi connectivity index (χ1n) is 7.26. The topological polar surface area (TPSA) is 28.4 Å². The third-order valence-electron chi connectivity index (χ3n) is 3.60. The summed E-state index contributed by atoms with van der Waals surface area (Å²) in [6.45, 7) is 10.7. The minimum Gasteiger partial charge on any atom is -0.459 e. The molecule has 1 aromatic heterocycles. The van der Waals surface area contributed by atoms with Crippen molar-refractivity contribution in [3.8, 4) is 0 Å². The van der Waals surface area contributed by atoms with Gasteiger partial charge < -0.3 is 14.6 Å². The van der Waals surface area contributed by atoms with Crippen molar-refractivity contribution in [2.45, 2.75) is 33.4 Å². The van der Waals surface area contributed by atoms with Gasteiger partial charge in [-0.05, 0) is 48.1 Å². The largest absolute Gasteiger partial charge is 0.459 e. The zero-order valence-electron chi connectivity index (χ0n) is 12.4. The number of nitrogens with one attached hydrogen (secondary N) is 1. The van der Waals surface area contributed by atoms with Gasteiger partial charge in [-0.1, -0.05) is 26.0 Å². The molecule has 0 aliphatic heterocycles. The van der Waals surface area contributed by atoms with E-state index in [1.807, 2.05) is 12.1 Å². The maximum absolute atomic E-state index is 5.88. The van der Waals surface area contributed by atoms with Crippen molar-refractivity contribution >= 4 is 26.9 Å². The van der Waals surface area contributed by atoms with Crippen LogP contribution in [-0.2, 0) is 6.54 Å². The van der Waals surface area contributed by atoms with E-state index in [2.05, 4.69) is 59.1 Å². The summed E-state index contributed by atoms with van der Waals surface area (Å²) in [7, 11) is 0. The van der Waals surface area contributed by atoms with E-state index in [4.69, 9.17) is 4.42 Å². The second-order valence-corrected chi connectivity index (χ2v) is 5.99. The molecule has 4 heteroatoms. The van der Waals surface area contributed by atoms with Crippen LogP contribution in [0.1, 0.15) is 26.5 Å². The number of benzene rings is 1. The molecule has 0 saturated heterocycles. The summed E-state index contributed by atoms with van der Waals surface area (Å²) in [6.07, 6.45) is 0. The number of fused-ring (bicyclic) bond motifs is 1. The Labute approximate surface area is 129 Å². The van der Waals surface area contributed by atoms with Gasteiger partial charge in [-0.2, -0.15) is 0 Å². The highest BCUT2D eigenvalue weighted by atomic mass is 79.9. The molecule has 0 amide bonds. The Hall–Kier alpha value is -0.840. The molecule has 1 heterocycles. The number of hydrogen-bond acceptors (Lipinski definition) is 3. The summed E-state index contributed by atoms with van der Waals surface area (Å²) in [5.74, 6) is 0.985. The fourth-order valence-electron chi connectivity index (χ4n) is 2.38. The van der Waals surface area contributed by atoms with E-state index in [-0.39, 0.29) is 0 Å². The van der Waals surface area contributed by atoms with Gasteiger partial charge >= 0.3 is 0 Å². The third kappa shape index (κ3) is 3.84. The maximum atomic E-state index is 5.88. The lowest BCUT2D eigenvalue weighted by molar-refractivity contribution is 0.268. The zero-order chi connectivity index (χ0) is 14.5. The number of para-hydroxylation sites is 1. The second-order valence-electron chi connectivity index (χ2n) is 5.14. The number of rotatable bonds is 7. The van der Waals surface area contributed by atoms with Gasteiger partial charge in [0.05, 0.1) is 11.0 Å². The van der Waals surface area contributed by atoms with Crippen LogP contribution in [0.4, 0.5) is 0 Å². The molecule has 0 aliphatic carbocycles. The molecular formula is C16H23BrN2O. The molecular weight excluding hydrogens is 316 g/mol. The molecule has 0 fully saturated rings. The fraction of sp³-hybridized carbons (Fsp3) is 0.500. The van der Waals surface area contributed by atoms with E-state index in [1.165, 1.54) is 0 Å². The van der Waals surface area contributed by atoms with Crippen LogP contribution in [0.25, 0.3) is 11.0 Å². The minimum absolute atomic E-state index is 0.451. The number of furan rings is 1. The van der Waals surface area contributed by atoms with Crippen molar-refractivity contribution in [3.05, 3.63) is 34.5 Å². The summed E-state index contributed by atoms with van der Waals surface area (Å²) >= 11 is 3.52. The fourth-order valence-corrected chi connectivity index (χ4v) is 2.84. The van der Waals surface area contributed by atoms with Crippen molar-refractivity contribution in [2.75, 3.05) is 19.6 Å². The summed E-state index contributed by atoms with van der Waals surface area (Å²) in [4.78, 5) is 2.42. The van der Waals surface area contributed by atoms with Gasteiger partial charge in [0.1, 0.15) is 11.3 Å². The van der Waals surface area contributed by atoms with E-state index >= 15 is 0 Å². The molecule has 110 valence electrons. The Morgan fingerprint density at radius 1 is 1.30 bits per heavy atom. The lowest BCUT2D eigenvalue weighted by Gasteiger charge is -2.23. The first-order valence-corrected chi connectivity index (χ1v) is 8.06. The van der Waals surface area contributed by atoms with Gasteiger partial charge in [0, 0.05) is 18.0 Å². The Morgan fingerprint density at radius 3 is 2.70 bits per heavy atom. The van der Waals surface area contributed by atoms with Gasteiger partial charge in [-0.3, -0.25) is 0 Å². The van der Waals surface area contributed by atoms with E-state index in [9.17, 15) is 0 Å². The van der Waals surface area contributed by atoms with E-state index < -0.39 is 0 Å². The Morgan fingerprint density at radius 2 is 2.05 bits per heavy atom. The molecule has 20 heavy (non-hydrogen) atoms. The molecule has 2 rings (SSSR count). The van der Waals surface area contributed by atoms with Crippen LogP contribution in [0.5, 0.6) is 0 Å². The molecule has 1 N–H and O–H groups in total. The summed E-state index contributed by atoms with van der Waals surface area (Å²) in [5.41, 5.74) is 0.931. The second kappa shape index (κ2) is 7.25. The maximum Gasteiger partial charge on any atom is 0.148 e. The lowest BCUT2D eigenvalue weighted by atomic mass is 10.2. The average Bonchev–Trinajstić information content (AvgIpc) is 2.87. The predicted octanol–water partition coefficient (Wildman–Crippen LogP) is 4.02. The first kappa shape index (κ1) is 15.5. The van der Waals surface area contributed by atoms with Gasteiger partial charge in [0.15, 0.2) is 0 Å². The third-order valence-corrected chi connectivity index (χ3v) is 4.22. The average molecular weight is 339 g/mol. The highest BCUT2D eigenvalue weighted by Crippen LogP contribution is 2.26. The predicted molar refractivity (Wildman–Crippen MR) is 88.0 cm³/mol. The van der Waals surface area contributed by atoms with Gasteiger partial charge in [0.25, 0.3) is 0 Å². The molecule has 0 saturated carbocycles. The summed E-state index contributed by atoms with van der Waals surface area (Å²) in [5, 5.41) is 4.67. The smallest absolute Gasteiger partial charge is 0.148 e. The van der Waals surface area contributed by atoms with Crippen LogP contribution in [-0.4, -0.2) is 30.6 Å². The van der Waals surface area contributed by atoms with Gasteiger partial charge in [-0.15, -0.1) is 0 Å². The molecule has 0 spiro atoms. The zero-order valence-corrected chi connectivity index (χ0v) is 14.0. The SMILES string of the molecule is CCN(CC)CC(C)NCc1cc2cccc(Br)c2o1. The van der Waals surface area contributed by atoms with Crippen molar-refractivity contribution < 1.29 is 4.42 Å². The Kier molecular flexibility index (Phi) is 5.64. The number of halogens is 1. The van der Waals surface area contributed by atoms with Crippen LogP contribution in [0.3, 0.4) is 0 Å². The molecule has 3 nitrogen and oxygen atoms in total. The first-order chi connectivity index (χ1) is 9.63. The quantitative estimate of drug-likeness (QED) is 0.826. The molecule has 1 aromatic carbocycles. The van der Waals surface area contributed by atoms with Gasteiger partial charge in [-0.25, -0.2) is 0 Å². The number of likely N-dealkylation sites (N-methyl/N-ethyl adjacent to an activating group) is 1. The van der Waals surface area contributed by atoms with Crippen LogP contribution in [0, 0.1) is 0 Å². The van der Waals surface area contributed by atoms with Crippen LogP contribution >= 0.6 is 15.9 Å². The molecule has 1 unspecified atom stereocenters. The van der Waals surface area contributed by atoms with Crippen molar-refractivity contribution in [3.63, 3.8) is 0 Å². The molecule has 0 bridgehead atoms. The lowest BCUT2D eigenvalue weighted by Crippen LogP contribution is -2.38. The monoisotopic (exact) mass is 338 g/mol.